The molecule has 0 saturated carbocycles. The van der Waals surface area contributed by atoms with Gasteiger partial charge in [0.15, 0.2) is 5.69 Å². The summed E-state index contributed by atoms with van der Waals surface area (Å²) in [6.45, 7) is 0.249. The number of nitrogens with one attached hydrogen (secondary N) is 3. The lowest BCUT2D eigenvalue weighted by molar-refractivity contribution is -0.123. The first-order valence-electron chi connectivity index (χ1n) is 11.1. The molecule has 5 rings (SSSR count). The van der Waals surface area contributed by atoms with Crippen LogP contribution in [0.3, 0.4) is 0 Å². The summed E-state index contributed by atoms with van der Waals surface area (Å²) in [6, 6.07) is 16.9. The van der Waals surface area contributed by atoms with Crippen molar-refractivity contribution in [2.24, 2.45) is 0 Å². The number of H-pyrrole nitrogens is 1. The van der Waals surface area contributed by atoms with E-state index in [-0.39, 0.29) is 30.0 Å². The van der Waals surface area contributed by atoms with E-state index in [0.717, 1.165) is 47.0 Å². The van der Waals surface area contributed by atoms with Crippen LogP contribution in [0, 0.1) is 0 Å². The van der Waals surface area contributed by atoms with Crippen LogP contribution in [0.15, 0.2) is 67.1 Å². The molecule has 2 unspecified atom stereocenters. The third-order valence-corrected chi connectivity index (χ3v) is 6.08. The molecule has 8 nitrogen and oxygen atoms in total. The Morgan fingerprint density at radius 3 is 2.82 bits per heavy atom. The number of fused-ring (bicyclic) bond motifs is 2. The summed E-state index contributed by atoms with van der Waals surface area (Å²) in [5, 5.41) is 15.9. The molecule has 0 spiro atoms. The van der Waals surface area contributed by atoms with Gasteiger partial charge in [0.25, 0.3) is 5.91 Å². The Morgan fingerprint density at radius 2 is 1.97 bits per heavy atom. The minimum atomic E-state index is -0.435. The average molecular weight is 441 g/mol. The zero-order chi connectivity index (χ0) is 22.6. The fraction of sp³-hybridized carbons (Fsp3) is 0.240. The van der Waals surface area contributed by atoms with Crippen LogP contribution < -0.4 is 10.6 Å². The number of hydrogen-bond acceptors (Lipinski definition) is 5. The van der Waals surface area contributed by atoms with Gasteiger partial charge in [0, 0.05) is 18.4 Å². The van der Waals surface area contributed by atoms with Gasteiger partial charge in [0.1, 0.15) is 0 Å². The molecule has 2 aromatic carbocycles. The molecule has 2 atom stereocenters. The molecule has 33 heavy (non-hydrogen) atoms. The van der Waals surface area contributed by atoms with Crippen LogP contribution in [0.25, 0.3) is 10.8 Å². The molecule has 0 bridgehead atoms. The van der Waals surface area contributed by atoms with Gasteiger partial charge in [0.2, 0.25) is 5.91 Å². The van der Waals surface area contributed by atoms with Crippen molar-refractivity contribution in [3.05, 3.63) is 89.8 Å². The number of carbonyl (C=O) groups excluding carboxylic acids is 2. The molecular formula is C25H24N6O2. The molecule has 0 fully saturated rings. The van der Waals surface area contributed by atoms with Gasteiger partial charge in [-0.1, -0.05) is 36.4 Å². The highest BCUT2D eigenvalue weighted by molar-refractivity contribution is 5.92. The summed E-state index contributed by atoms with van der Waals surface area (Å²) in [6.07, 6.45) is 5.77. The normalized spacial score (nSPS) is 16.1. The van der Waals surface area contributed by atoms with Crippen LogP contribution in [0.2, 0.25) is 0 Å². The predicted molar refractivity (Wildman–Crippen MR) is 123 cm³/mol. The topological polar surface area (TPSA) is 113 Å². The summed E-state index contributed by atoms with van der Waals surface area (Å²) < 4.78 is 0. The molecule has 0 radical (unpaired) electrons. The number of amides is 2. The Hall–Kier alpha value is -4.07. The number of nitrogens with zero attached hydrogens (tertiary/aromatic N) is 3. The second-order valence-electron chi connectivity index (χ2n) is 8.20. The van der Waals surface area contributed by atoms with Crippen molar-refractivity contribution in [3.8, 4) is 0 Å². The number of aromatic nitrogens is 4. The fourth-order valence-corrected chi connectivity index (χ4v) is 4.36. The Kier molecular flexibility index (Phi) is 5.80. The van der Waals surface area contributed by atoms with Gasteiger partial charge >= 0.3 is 0 Å². The van der Waals surface area contributed by atoms with E-state index in [1.54, 1.807) is 18.5 Å². The molecule has 3 N–H and O–H groups in total. The minimum absolute atomic E-state index is 0.0809. The zero-order valence-electron chi connectivity index (χ0n) is 18.0. The number of rotatable bonds is 6. The molecule has 2 amide bonds. The van der Waals surface area contributed by atoms with E-state index in [1.165, 1.54) is 6.20 Å². The van der Waals surface area contributed by atoms with Crippen molar-refractivity contribution in [3.63, 3.8) is 0 Å². The quantitative estimate of drug-likeness (QED) is 0.427. The first-order valence-corrected chi connectivity index (χ1v) is 11.1. The summed E-state index contributed by atoms with van der Waals surface area (Å²) >= 11 is 0. The Labute approximate surface area is 190 Å². The highest BCUT2D eigenvalue weighted by Gasteiger charge is 2.29. The Morgan fingerprint density at radius 1 is 1.09 bits per heavy atom. The first-order chi connectivity index (χ1) is 16.2. The number of aromatic amines is 1. The Bertz CT molecular complexity index is 1290. The van der Waals surface area contributed by atoms with Gasteiger partial charge < -0.3 is 15.6 Å². The molecule has 0 aliphatic heterocycles. The van der Waals surface area contributed by atoms with Crippen LogP contribution in [-0.2, 0) is 11.2 Å². The van der Waals surface area contributed by atoms with E-state index in [2.05, 4.69) is 30.8 Å². The maximum absolute atomic E-state index is 13.1. The number of benzene rings is 2. The molecule has 2 aromatic heterocycles. The van der Waals surface area contributed by atoms with Gasteiger partial charge in [-0.25, -0.2) is 4.98 Å². The third-order valence-electron chi connectivity index (χ3n) is 6.08. The van der Waals surface area contributed by atoms with E-state index in [1.807, 2.05) is 42.5 Å². The first kappa shape index (κ1) is 20.8. The van der Waals surface area contributed by atoms with E-state index < -0.39 is 6.04 Å². The SMILES string of the molecule is O=C(NC(CNC(=O)C1CCCc2[nH]cnc21)c1ccc2ccccc2c1)c1cccnn1. The van der Waals surface area contributed by atoms with E-state index >= 15 is 0 Å². The molecule has 8 heteroatoms. The van der Waals surface area contributed by atoms with Crippen LogP contribution in [0.1, 0.15) is 52.2 Å². The lowest BCUT2D eigenvalue weighted by Crippen LogP contribution is -2.40. The van der Waals surface area contributed by atoms with E-state index in [4.69, 9.17) is 0 Å². The number of hydrogen-bond donors (Lipinski definition) is 3. The van der Waals surface area contributed by atoms with Gasteiger partial charge in [-0.2, -0.15) is 5.10 Å². The maximum atomic E-state index is 13.1. The smallest absolute Gasteiger partial charge is 0.272 e. The molecule has 1 aliphatic carbocycles. The third kappa shape index (κ3) is 4.45. The van der Waals surface area contributed by atoms with Crippen molar-refractivity contribution in [1.29, 1.82) is 0 Å². The van der Waals surface area contributed by atoms with Crippen LogP contribution >= 0.6 is 0 Å². The van der Waals surface area contributed by atoms with Crippen molar-refractivity contribution >= 4 is 22.6 Å². The standard InChI is InChI=1S/C25H24N6O2/c32-24(19-7-3-8-20-23(19)28-15-27-20)26-14-22(30-25(33)21-9-4-12-29-31-21)18-11-10-16-5-1-2-6-17(16)13-18/h1-2,4-6,9-13,15,19,22H,3,7-8,14H2,(H,26,32)(H,27,28)(H,30,33). The fourth-order valence-electron chi connectivity index (χ4n) is 4.36. The van der Waals surface area contributed by atoms with Crippen LogP contribution in [0.5, 0.6) is 0 Å². The molecule has 166 valence electrons. The lowest BCUT2D eigenvalue weighted by atomic mass is 9.89. The van der Waals surface area contributed by atoms with Gasteiger partial charge in [0.05, 0.1) is 24.0 Å². The molecule has 2 heterocycles. The highest BCUT2D eigenvalue weighted by atomic mass is 16.2. The lowest BCUT2D eigenvalue weighted by Gasteiger charge is -2.24. The number of imidazole rings is 1. The van der Waals surface area contributed by atoms with Crippen molar-refractivity contribution in [2.45, 2.75) is 31.2 Å². The average Bonchev–Trinajstić information content (AvgIpc) is 3.35. The summed E-state index contributed by atoms with van der Waals surface area (Å²) in [5.41, 5.74) is 2.98. The Balaban J connectivity index is 1.37. The summed E-state index contributed by atoms with van der Waals surface area (Å²) in [5.74, 6) is -0.710. The van der Waals surface area contributed by atoms with Crippen molar-refractivity contribution in [1.82, 2.24) is 30.8 Å². The van der Waals surface area contributed by atoms with E-state index in [0.29, 0.717) is 0 Å². The monoisotopic (exact) mass is 440 g/mol. The maximum Gasteiger partial charge on any atom is 0.272 e. The second-order valence-corrected chi connectivity index (χ2v) is 8.20. The molecular weight excluding hydrogens is 416 g/mol. The highest BCUT2D eigenvalue weighted by Crippen LogP contribution is 2.29. The van der Waals surface area contributed by atoms with Crippen molar-refractivity contribution < 1.29 is 9.59 Å². The van der Waals surface area contributed by atoms with Gasteiger partial charge in [-0.05, 0) is 53.8 Å². The van der Waals surface area contributed by atoms with E-state index in [9.17, 15) is 9.59 Å². The largest absolute Gasteiger partial charge is 0.353 e. The number of aryl methyl sites for hydroxylation is 1. The zero-order valence-corrected chi connectivity index (χ0v) is 18.0. The molecule has 1 aliphatic rings. The summed E-state index contributed by atoms with van der Waals surface area (Å²) in [7, 11) is 0. The summed E-state index contributed by atoms with van der Waals surface area (Å²) in [4.78, 5) is 33.4. The molecule has 0 saturated heterocycles. The minimum Gasteiger partial charge on any atom is -0.353 e. The van der Waals surface area contributed by atoms with Gasteiger partial charge in [-0.15, -0.1) is 5.10 Å². The number of carbonyl (C=O) groups is 2. The second kappa shape index (κ2) is 9.20. The van der Waals surface area contributed by atoms with Crippen LogP contribution in [0.4, 0.5) is 0 Å². The predicted octanol–water partition coefficient (Wildman–Crippen LogP) is 3.06. The van der Waals surface area contributed by atoms with Crippen LogP contribution in [-0.4, -0.2) is 38.5 Å². The van der Waals surface area contributed by atoms with Crippen molar-refractivity contribution in [2.75, 3.05) is 6.54 Å². The molecule has 4 aromatic rings. The van der Waals surface area contributed by atoms with Gasteiger partial charge in [-0.3, -0.25) is 9.59 Å².